The third kappa shape index (κ3) is 5.59. The van der Waals surface area contributed by atoms with Crippen LogP contribution in [0.25, 0.3) is 6.08 Å². The number of halogens is 4. The molecule has 0 aliphatic carbocycles. The molecule has 0 spiro atoms. The van der Waals surface area contributed by atoms with Crippen molar-refractivity contribution in [3.05, 3.63) is 85.8 Å². The number of barbiturate groups is 1. The number of imide groups is 2. The van der Waals surface area contributed by atoms with Crippen LogP contribution in [0.3, 0.4) is 0 Å². The minimum absolute atomic E-state index is 0.0760. The average molecular weight is 616 g/mol. The predicted octanol–water partition coefficient (Wildman–Crippen LogP) is 5.74. The van der Waals surface area contributed by atoms with Crippen LogP contribution in [0, 0.1) is 0 Å². The number of rotatable bonds is 6. The van der Waals surface area contributed by atoms with Gasteiger partial charge in [-0.15, -0.1) is 0 Å². The minimum Gasteiger partial charge on any atom is -0.493 e. The molecule has 3 aromatic rings. The molecule has 9 nitrogen and oxygen atoms in total. The van der Waals surface area contributed by atoms with Gasteiger partial charge < -0.3 is 8.92 Å². The van der Waals surface area contributed by atoms with Gasteiger partial charge in [-0.2, -0.15) is 8.42 Å². The van der Waals surface area contributed by atoms with Gasteiger partial charge in [0, 0.05) is 5.02 Å². The van der Waals surface area contributed by atoms with Crippen LogP contribution in [0.2, 0.25) is 20.1 Å². The van der Waals surface area contributed by atoms with Crippen LogP contribution in [-0.4, -0.2) is 33.4 Å². The molecule has 1 aliphatic heterocycles. The van der Waals surface area contributed by atoms with E-state index in [1.807, 2.05) is 0 Å². The Kier molecular flexibility index (Phi) is 7.91. The summed E-state index contributed by atoms with van der Waals surface area (Å²) in [6.45, 7) is 0. The molecule has 3 aromatic carbocycles. The number of methoxy groups -OCH3 is 1. The van der Waals surface area contributed by atoms with Crippen LogP contribution in [0.1, 0.15) is 5.56 Å². The number of ether oxygens (including phenoxy) is 1. The van der Waals surface area contributed by atoms with Crippen molar-refractivity contribution in [1.29, 1.82) is 0 Å². The fourth-order valence-corrected chi connectivity index (χ4v) is 5.02. The summed E-state index contributed by atoms with van der Waals surface area (Å²) in [6, 6.07) is 10.9. The minimum atomic E-state index is -4.31. The van der Waals surface area contributed by atoms with Crippen molar-refractivity contribution in [2.75, 3.05) is 12.0 Å². The maximum absolute atomic E-state index is 13.1. The second kappa shape index (κ2) is 10.8. The second-order valence-electron chi connectivity index (χ2n) is 7.58. The summed E-state index contributed by atoms with van der Waals surface area (Å²) in [5.41, 5.74) is -0.173. The first-order valence-electron chi connectivity index (χ1n) is 10.4. The molecule has 1 heterocycles. The number of carbonyl (C=O) groups excluding carboxylic acids is 3. The summed E-state index contributed by atoms with van der Waals surface area (Å²) >= 11 is 24.0. The molecule has 4 amide bonds. The number of anilines is 1. The summed E-state index contributed by atoms with van der Waals surface area (Å²) in [7, 11) is -3.07. The Morgan fingerprint density at radius 2 is 1.55 bits per heavy atom. The van der Waals surface area contributed by atoms with Crippen molar-refractivity contribution in [2.24, 2.45) is 0 Å². The zero-order valence-corrected chi connectivity index (χ0v) is 22.8. The lowest BCUT2D eigenvalue weighted by Crippen LogP contribution is -2.54. The van der Waals surface area contributed by atoms with Gasteiger partial charge in [0.05, 0.1) is 27.9 Å². The monoisotopic (exact) mass is 614 g/mol. The quantitative estimate of drug-likeness (QED) is 0.213. The molecule has 196 valence electrons. The number of carbonyl (C=O) groups is 3. The maximum atomic E-state index is 13.1. The van der Waals surface area contributed by atoms with Crippen molar-refractivity contribution in [3.63, 3.8) is 0 Å². The second-order valence-corrected chi connectivity index (χ2v) is 10.8. The number of hydrogen-bond donors (Lipinski definition) is 1. The smallest absolute Gasteiger partial charge is 0.339 e. The van der Waals surface area contributed by atoms with E-state index in [0.29, 0.717) is 9.92 Å². The van der Waals surface area contributed by atoms with Gasteiger partial charge in [0.15, 0.2) is 5.75 Å². The molecule has 0 saturated carbocycles. The molecule has 4 rings (SSSR count). The maximum Gasteiger partial charge on any atom is 0.339 e. The SMILES string of the molecule is COc1cc(/C=C2\C(=O)NC(=O)N(c3ccc(Cl)c(Cl)c3)C2=O)cc(Cl)c1OS(=O)(=O)c1ccc(Cl)cc1. The third-order valence-corrected chi connectivity index (χ3v) is 7.63. The predicted molar refractivity (Wildman–Crippen MR) is 143 cm³/mol. The van der Waals surface area contributed by atoms with Crippen LogP contribution in [0.15, 0.2) is 65.1 Å². The Bertz CT molecular complexity index is 1620. The molecular formula is C24H14Cl4N2O7S. The number of urea groups is 1. The summed E-state index contributed by atoms with van der Waals surface area (Å²) in [6.07, 6.45) is 1.15. The lowest BCUT2D eigenvalue weighted by molar-refractivity contribution is -0.122. The van der Waals surface area contributed by atoms with Gasteiger partial charge in [-0.3, -0.25) is 14.9 Å². The summed E-state index contributed by atoms with van der Waals surface area (Å²) in [5, 5.41) is 2.50. The van der Waals surface area contributed by atoms with Crippen molar-refractivity contribution >= 4 is 86.1 Å². The number of benzene rings is 3. The van der Waals surface area contributed by atoms with Crippen LogP contribution in [0.5, 0.6) is 11.5 Å². The van der Waals surface area contributed by atoms with Gasteiger partial charge in [-0.1, -0.05) is 46.4 Å². The molecular weight excluding hydrogens is 602 g/mol. The van der Waals surface area contributed by atoms with Gasteiger partial charge in [-0.05, 0) is 66.2 Å². The molecule has 1 aliphatic rings. The highest BCUT2D eigenvalue weighted by Crippen LogP contribution is 2.39. The molecule has 14 heteroatoms. The fourth-order valence-electron chi connectivity index (χ4n) is 3.35. The first kappa shape index (κ1) is 27.7. The average Bonchev–Trinajstić information content (AvgIpc) is 2.85. The Morgan fingerprint density at radius 3 is 2.18 bits per heavy atom. The normalized spacial score (nSPS) is 15.0. The molecule has 1 saturated heterocycles. The van der Waals surface area contributed by atoms with Crippen LogP contribution in [0.4, 0.5) is 10.5 Å². The van der Waals surface area contributed by atoms with Crippen LogP contribution < -0.4 is 19.1 Å². The van der Waals surface area contributed by atoms with E-state index in [-0.39, 0.29) is 42.7 Å². The molecule has 38 heavy (non-hydrogen) atoms. The molecule has 1 N–H and O–H groups in total. The summed E-state index contributed by atoms with van der Waals surface area (Å²) < 4.78 is 35.9. The van der Waals surface area contributed by atoms with Gasteiger partial charge in [0.1, 0.15) is 10.5 Å². The first-order valence-corrected chi connectivity index (χ1v) is 13.3. The van der Waals surface area contributed by atoms with Crippen LogP contribution >= 0.6 is 46.4 Å². The lowest BCUT2D eigenvalue weighted by Gasteiger charge is -2.26. The van der Waals surface area contributed by atoms with E-state index in [0.717, 1.165) is 6.08 Å². The number of hydrogen-bond acceptors (Lipinski definition) is 7. The Morgan fingerprint density at radius 1 is 0.868 bits per heavy atom. The van der Waals surface area contributed by atoms with E-state index in [1.165, 1.54) is 61.7 Å². The Balaban J connectivity index is 1.70. The Labute approximate surface area is 236 Å². The van der Waals surface area contributed by atoms with Gasteiger partial charge >= 0.3 is 16.1 Å². The molecule has 0 atom stereocenters. The zero-order chi connectivity index (χ0) is 27.8. The van der Waals surface area contributed by atoms with E-state index in [2.05, 4.69) is 5.32 Å². The highest BCUT2D eigenvalue weighted by Gasteiger charge is 2.37. The first-order chi connectivity index (χ1) is 17.9. The van der Waals surface area contributed by atoms with E-state index in [9.17, 15) is 22.8 Å². The zero-order valence-electron chi connectivity index (χ0n) is 19.0. The highest BCUT2D eigenvalue weighted by molar-refractivity contribution is 7.87. The number of nitrogens with one attached hydrogen (secondary N) is 1. The largest absolute Gasteiger partial charge is 0.493 e. The van der Waals surface area contributed by atoms with E-state index < -0.39 is 33.5 Å². The molecule has 0 aromatic heterocycles. The summed E-state index contributed by atoms with van der Waals surface area (Å²) in [4.78, 5) is 38.6. The van der Waals surface area contributed by atoms with Crippen molar-refractivity contribution < 1.29 is 31.7 Å². The molecule has 1 fully saturated rings. The van der Waals surface area contributed by atoms with Crippen LogP contribution in [-0.2, 0) is 19.7 Å². The number of nitrogens with zero attached hydrogens (tertiary/aromatic N) is 1. The number of amides is 4. The van der Waals surface area contributed by atoms with Crippen molar-refractivity contribution in [2.45, 2.75) is 4.90 Å². The van der Waals surface area contributed by atoms with Crippen molar-refractivity contribution in [1.82, 2.24) is 5.32 Å². The standard InChI is InChI=1S/C24H14Cl4N2O7S/c1-36-20-10-12(9-19(28)21(20)37-38(34,35)15-5-2-13(25)3-6-15)8-16-22(31)29-24(33)30(23(16)32)14-4-7-17(26)18(27)11-14/h2-11H,1H3,(H,29,31,33)/b16-8+. The summed E-state index contributed by atoms with van der Waals surface area (Å²) in [5.74, 6) is -2.34. The Hall–Kier alpha value is -3.28. The van der Waals surface area contributed by atoms with E-state index in [1.54, 1.807) is 0 Å². The van der Waals surface area contributed by atoms with Gasteiger partial charge in [-0.25, -0.2) is 9.69 Å². The highest BCUT2D eigenvalue weighted by atomic mass is 35.5. The topological polar surface area (TPSA) is 119 Å². The van der Waals surface area contributed by atoms with Gasteiger partial charge in [0.25, 0.3) is 11.8 Å². The van der Waals surface area contributed by atoms with E-state index >= 15 is 0 Å². The molecule has 0 radical (unpaired) electrons. The fraction of sp³-hybridized carbons (Fsp3) is 0.0417. The van der Waals surface area contributed by atoms with E-state index in [4.69, 9.17) is 55.3 Å². The molecule has 0 unspecified atom stereocenters. The lowest BCUT2D eigenvalue weighted by atomic mass is 10.1. The third-order valence-electron chi connectivity index (χ3n) is 5.12. The molecule has 0 bridgehead atoms. The van der Waals surface area contributed by atoms with Gasteiger partial charge in [0.2, 0.25) is 5.75 Å². The van der Waals surface area contributed by atoms with Crippen molar-refractivity contribution in [3.8, 4) is 11.5 Å².